The van der Waals surface area contributed by atoms with Gasteiger partial charge >= 0.3 is 0 Å². The molecule has 0 saturated heterocycles. The molecule has 0 saturated carbocycles. The molecule has 0 unspecified atom stereocenters. The van der Waals surface area contributed by atoms with Crippen molar-refractivity contribution >= 4 is 49.6 Å². The molecule has 288 valence electrons. The van der Waals surface area contributed by atoms with Gasteiger partial charge in [0.05, 0.1) is 11.0 Å². The predicted octanol–water partition coefficient (Wildman–Crippen LogP) is 16.2. The maximum absolute atomic E-state index is 2.45. The molecule has 0 amide bonds. The smallest absolute Gasteiger partial charge is 0.0553 e. The summed E-state index contributed by atoms with van der Waals surface area (Å²) in [6.45, 7) is 4.71. The number of benzene rings is 10. The van der Waals surface area contributed by atoms with E-state index in [-0.39, 0.29) is 5.41 Å². The first-order chi connectivity index (χ1) is 30.0. The topological polar surface area (TPSA) is 8.17 Å². The van der Waals surface area contributed by atoms with Gasteiger partial charge in [-0.3, -0.25) is 0 Å². The minimum Gasteiger partial charge on any atom is -0.310 e. The fourth-order valence-electron chi connectivity index (χ4n) is 10.1. The minimum atomic E-state index is -0.102. The largest absolute Gasteiger partial charge is 0.310 e. The van der Waals surface area contributed by atoms with Crippen molar-refractivity contribution in [2.24, 2.45) is 0 Å². The molecular weight excluding hydrogens is 737 g/mol. The molecule has 10 aromatic carbocycles. The van der Waals surface area contributed by atoms with Gasteiger partial charge in [-0.2, -0.15) is 0 Å². The molecule has 0 fully saturated rings. The van der Waals surface area contributed by atoms with Gasteiger partial charge in [0.1, 0.15) is 0 Å². The molecule has 2 nitrogen and oxygen atoms in total. The molecule has 0 N–H and O–H groups in total. The van der Waals surface area contributed by atoms with Gasteiger partial charge in [-0.15, -0.1) is 0 Å². The first-order valence-electron chi connectivity index (χ1n) is 21.3. The van der Waals surface area contributed by atoms with E-state index in [4.69, 9.17) is 0 Å². The average molecular weight is 779 g/mol. The Hall–Kier alpha value is -7.68. The molecule has 0 radical (unpaired) electrons. The van der Waals surface area contributed by atoms with E-state index >= 15 is 0 Å². The van der Waals surface area contributed by atoms with Crippen molar-refractivity contribution in [2.75, 3.05) is 4.90 Å². The zero-order valence-electron chi connectivity index (χ0n) is 34.2. The van der Waals surface area contributed by atoms with Crippen LogP contribution in [0, 0.1) is 0 Å². The van der Waals surface area contributed by atoms with Crippen LogP contribution in [-0.4, -0.2) is 4.57 Å². The zero-order chi connectivity index (χ0) is 40.7. The lowest BCUT2D eigenvalue weighted by Gasteiger charge is -2.28. The van der Waals surface area contributed by atoms with E-state index in [1.165, 1.54) is 88.2 Å². The van der Waals surface area contributed by atoms with E-state index in [1.54, 1.807) is 0 Å². The first kappa shape index (κ1) is 35.3. The Morgan fingerprint density at radius 2 is 0.869 bits per heavy atom. The van der Waals surface area contributed by atoms with E-state index < -0.39 is 0 Å². The summed E-state index contributed by atoms with van der Waals surface area (Å²) in [6, 6.07) is 80.3. The fourth-order valence-corrected chi connectivity index (χ4v) is 10.1. The molecule has 12 rings (SSSR count). The van der Waals surface area contributed by atoms with Crippen LogP contribution in [0.25, 0.3) is 82.8 Å². The molecular formula is C59H42N2. The van der Waals surface area contributed by atoms with Gasteiger partial charge in [0.25, 0.3) is 0 Å². The monoisotopic (exact) mass is 778 g/mol. The second-order valence-corrected chi connectivity index (χ2v) is 17.0. The Labute approximate surface area is 356 Å². The maximum atomic E-state index is 2.45. The Morgan fingerprint density at radius 1 is 0.344 bits per heavy atom. The van der Waals surface area contributed by atoms with Crippen LogP contribution in [0.15, 0.2) is 218 Å². The molecule has 1 aliphatic carbocycles. The van der Waals surface area contributed by atoms with Crippen LogP contribution in [0.5, 0.6) is 0 Å². The lowest BCUT2D eigenvalue weighted by Crippen LogP contribution is -2.16. The number of nitrogens with zero attached hydrogens (tertiary/aromatic N) is 2. The summed E-state index contributed by atoms with van der Waals surface area (Å²) < 4.78 is 2.45. The van der Waals surface area contributed by atoms with Gasteiger partial charge in [-0.1, -0.05) is 166 Å². The van der Waals surface area contributed by atoms with E-state index in [9.17, 15) is 0 Å². The summed E-state index contributed by atoms with van der Waals surface area (Å²) in [5, 5.41) is 5.15. The van der Waals surface area contributed by atoms with Crippen LogP contribution in [-0.2, 0) is 5.41 Å². The zero-order valence-corrected chi connectivity index (χ0v) is 34.2. The molecule has 61 heavy (non-hydrogen) atoms. The van der Waals surface area contributed by atoms with Crippen LogP contribution >= 0.6 is 0 Å². The molecule has 0 spiro atoms. The molecule has 0 bridgehead atoms. The van der Waals surface area contributed by atoms with Gasteiger partial charge in [0.2, 0.25) is 0 Å². The highest BCUT2D eigenvalue weighted by atomic mass is 15.1. The molecule has 2 heteroatoms. The van der Waals surface area contributed by atoms with Crippen LogP contribution in [0.3, 0.4) is 0 Å². The number of fused-ring (bicyclic) bond motifs is 3. The highest BCUT2D eigenvalue weighted by molar-refractivity contribution is 6.25. The Morgan fingerprint density at radius 3 is 1.54 bits per heavy atom. The standard InChI is InChI=1S/C59H42N2/c1-59(2)53-18-10-9-17-51(53)52-35-34-50(38-54(52)59)60(47-28-22-41(23-29-47)39-12-5-3-6-13-39)48-30-26-43(27-31-48)46-36-45-21-20-44-16-11-19-55-57(44)58(45)56(37-46)61(55)49-32-24-42(25-33-49)40-14-7-4-8-15-40/h3-38H,1-2H3. The van der Waals surface area contributed by atoms with Crippen molar-refractivity contribution in [2.45, 2.75) is 19.3 Å². The molecule has 11 aromatic rings. The number of aromatic nitrogens is 1. The van der Waals surface area contributed by atoms with Gasteiger partial charge in [0, 0.05) is 38.9 Å². The van der Waals surface area contributed by atoms with Crippen molar-refractivity contribution in [1.29, 1.82) is 0 Å². The molecule has 0 aliphatic heterocycles. The van der Waals surface area contributed by atoms with Crippen molar-refractivity contribution in [3.05, 3.63) is 230 Å². The molecule has 0 atom stereocenters. The van der Waals surface area contributed by atoms with Crippen molar-refractivity contribution in [3.63, 3.8) is 0 Å². The second-order valence-electron chi connectivity index (χ2n) is 17.0. The quantitative estimate of drug-likeness (QED) is 0.146. The maximum Gasteiger partial charge on any atom is 0.0553 e. The highest BCUT2D eigenvalue weighted by Gasteiger charge is 2.35. The normalized spacial score (nSPS) is 12.9. The van der Waals surface area contributed by atoms with Crippen LogP contribution < -0.4 is 4.90 Å². The average Bonchev–Trinajstić information content (AvgIpc) is 3.78. The summed E-state index contributed by atoms with van der Waals surface area (Å²) in [5.41, 5.74) is 19.5. The van der Waals surface area contributed by atoms with Gasteiger partial charge in [-0.25, -0.2) is 0 Å². The summed E-state index contributed by atoms with van der Waals surface area (Å²) >= 11 is 0. The van der Waals surface area contributed by atoms with E-state index in [1.807, 2.05) is 0 Å². The van der Waals surface area contributed by atoms with Gasteiger partial charge < -0.3 is 9.47 Å². The number of hydrogen-bond donors (Lipinski definition) is 0. The van der Waals surface area contributed by atoms with Crippen molar-refractivity contribution in [1.82, 2.24) is 4.57 Å². The summed E-state index contributed by atoms with van der Waals surface area (Å²) in [4.78, 5) is 2.41. The van der Waals surface area contributed by atoms with Crippen LogP contribution in [0.1, 0.15) is 25.0 Å². The lowest BCUT2D eigenvalue weighted by molar-refractivity contribution is 0.660. The van der Waals surface area contributed by atoms with Crippen molar-refractivity contribution < 1.29 is 0 Å². The first-order valence-corrected chi connectivity index (χ1v) is 21.3. The fraction of sp³-hybridized carbons (Fsp3) is 0.0508. The van der Waals surface area contributed by atoms with Gasteiger partial charge in [0.15, 0.2) is 0 Å². The number of hydrogen-bond acceptors (Lipinski definition) is 1. The van der Waals surface area contributed by atoms with Crippen LogP contribution in [0.2, 0.25) is 0 Å². The summed E-state index contributed by atoms with van der Waals surface area (Å²) in [6.07, 6.45) is 0. The third kappa shape index (κ3) is 5.64. The van der Waals surface area contributed by atoms with Crippen molar-refractivity contribution in [3.8, 4) is 50.2 Å². The Bertz CT molecular complexity index is 3390. The number of rotatable bonds is 7. The summed E-state index contributed by atoms with van der Waals surface area (Å²) in [5.74, 6) is 0. The third-order valence-electron chi connectivity index (χ3n) is 13.1. The number of anilines is 3. The Kier molecular flexibility index (Phi) is 7.92. The molecule has 1 aliphatic rings. The Balaban J connectivity index is 0.972. The van der Waals surface area contributed by atoms with Crippen LogP contribution in [0.4, 0.5) is 17.1 Å². The van der Waals surface area contributed by atoms with E-state index in [0.29, 0.717) is 0 Å². The minimum absolute atomic E-state index is 0.102. The van der Waals surface area contributed by atoms with E-state index in [2.05, 4.69) is 242 Å². The van der Waals surface area contributed by atoms with Gasteiger partial charge in [-0.05, 0) is 133 Å². The second kappa shape index (κ2) is 13.7. The highest BCUT2D eigenvalue weighted by Crippen LogP contribution is 2.51. The lowest BCUT2D eigenvalue weighted by atomic mass is 9.82. The third-order valence-corrected chi connectivity index (χ3v) is 13.1. The van der Waals surface area contributed by atoms with E-state index in [0.717, 1.165) is 22.7 Å². The molecule has 1 aromatic heterocycles. The SMILES string of the molecule is CC1(C)c2ccccc2-c2ccc(N(c3ccc(-c4ccccc4)cc3)c3ccc(-c4cc5ccc6cccc7c6c5c(c4)n7-c4ccc(-c5ccccc5)cc4)cc3)cc21. The molecule has 1 heterocycles. The summed E-state index contributed by atoms with van der Waals surface area (Å²) in [7, 11) is 0. The predicted molar refractivity (Wildman–Crippen MR) is 258 cm³/mol.